The van der Waals surface area contributed by atoms with Crippen molar-refractivity contribution in [3.8, 4) is 6.01 Å². The minimum Gasteiger partial charge on any atom is -0.465 e. The normalized spacial score (nSPS) is 23.5. The molecule has 1 saturated heterocycles. The standard InChI is InChI=1S/C19H28N4O3/c1-13-4-3-7-23(10-13)17-15-8-20-9-16(15)21-18(22-17)26-12-19(5-6-19)11-25-14(2)24/h13,20H,3-12H2,1-2H3/t13-/m0/s1. The summed E-state index contributed by atoms with van der Waals surface area (Å²) in [5.41, 5.74) is 2.21. The van der Waals surface area contributed by atoms with Gasteiger partial charge in [-0.15, -0.1) is 0 Å². The first-order valence-corrected chi connectivity index (χ1v) is 9.66. The highest BCUT2D eigenvalue weighted by Gasteiger charge is 2.45. The lowest BCUT2D eigenvalue weighted by Gasteiger charge is -2.33. The summed E-state index contributed by atoms with van der Waals surface area (Å²) in [5, 5.41) is 3.38. The van der Waals surface area contributed by atoms with Gasteiger partial charge in [-0.1, -0.05) is 6.92 Å². The third-order valence-corrected chi connectivity index (χ3v) is 5.65. The van der Waals surface area contributed by atoms with E-state index >= 15 is 0 Å². The number of rotatable bonds is 6. The SMILES string of the molecule is CC(=O)OCC1(COc2nc3c(c(N4CCC[C@H](C)C4)n2)CNC3)CC1. The molecule has 2 aliphatic heterocycles. The summed E-state index contributed by atoms with van der Waals surface area (Å²) < 4.78 is 11.2. The van der Waals surface area contributed by atoms with Crippen molar-refractivity contribution >= 4 is 11.8 Å². The molecule has 7 heteroatoms. The van der Waals surface area contributed by atoms with E-state index < -0.39 is 0 Å². The second-order valence-corrected chi connectivity index (χ2v) is 8.12. The first-order valence-electron chi connectivity index (χ1n) is 9.66. The first-order chi connectivity index (χ1) is 12.5. The Morgan fingerprint density at radius 2 is 2.15 bits per heavy atom. The summed E-state index contributed by atoms with van der Waals surface area (Å²) in [5.74, 6) is 1.48. The van der Waals surface area contributed by atoms with Crippen molar-refractivity contribution in [1.29, 1.82) is 0 Å². The van der Waals surface area contributed by atoms with Gasteiger partial charge in [0.2, 0.25) is 0 Å². The molecule has 1 N–H and O–H groups in total. The maximum absolute atomic E-state index is 11.1. The van der Waals surface area contributed by atoms with Crippen molar-refractivity contribution in [2.45, 2.75) is 52.6 Å². The van der Waals surface area contributed by atoms with Crippen molar-refractivity contribution < 1.29 is 14.3 Å². The number of nitrogens with one attached hydrogen (secondary N) is 1. The molecule has 142 valence electrons. The fourth-order valence-electron chi connectivity index (χ4n) is 3.82. The zero-order valence-electron chi connectivity index (χ0n) is 15.7. The van der Waals surface area contributed by atoms with E-state index in [4.69, 9.17) is 14.5 Å². The molecule has 0 aromatic carbocycles. The maximum atomic E-state index is 11.1. The quantitative estimate of drug-likeness (QED) is 0.778. The second kappa shape index (κ2) is 7.02. The van der Waals surface area contributed by atoms with Crippen molar-refractivity contribution in [3.05, 3.63) is 11.3 Å². The van der Waals surface area contributed by atoms with Gasteiger partial charge < -0.3 is 19.7 Å². The molecule has 0 radical (unpaired) electrons. The fourth-order valence-corrected chi connectivity index (χ4v) is 3.82. The van der Waals surface area contributed by atoms with E-state index in [1.165, 1.54) is 25.3 Å². The van der Waals surface area contributed by atoms with E-state index in [-0.39, 0.29) is 11.4 Å². The molecule has 3 heterocycles. The number of carbonyl (C=O) groups is 1. The third-order valence-electron chi connectivity index (χ3n) is 5.65. The molecule has 0 spiro atoms. The highest BCUT2D eigenvalue weighted by Crippen LogP contribution is 2.46. The Kier molecular flexibility index (Phi) is 4.73. The van der Waals surface area contributed by atoms with Gasteiger partial charge in [0.25, 0.3) is 0 Å². The van der Waals surface area contributed by atoms with Gasteiger partial charge in [-0.25, -0.2) is 0 Å². The average Bonchev–Trinajstić information content (AvgIpc) is 3.24. The molecule has 4 rings (SSSR count). The smallest absolute Gasteiger partial charge is 0.318 e. The van der Waals surface area contributed by atoms with E-state index in [2.05, 4.69) is 22.1 Å². The van der Waals surface area contributed by atoms with Gasteiger partial charge in [-0.05, 0) is 31.6 Å². The lowest BCUT2D eigenvalue weighted by Crippen LogP contribution is -2.35. The molecule has 1 atom stereocenters. The molecule has 3 aliphatic rings. The molecule has 26 heavy (non-hydrogen) atoms. The molecule has 1 aromatic heterocycles. The number of ether oxygens (including phenoxy) is 2. The van der Waals surface area contributed by atoms with Crippen LogP contribution in [0.4, 0.5) is 5.82 Å². The Morgan fingerprint density at radius 3 is 2.88 bits per heavy atom. The molecule has 7 nitrogen and oxygen atoms in total. The van der Waals surface area contributed by atoms with Gasteiger partial charge >= 0.3 is 12.0 Å². The van der Waals surface area contributed by atoms with Crippen LogP contribution in [0.5, 0.6) is 6.01 Å². The van der Waals surface area contributed by atoms with Crippen molar-refractivity contribution in [2.75, 3.05) is 31.2 Å². The Bertz CT molecular complexity index is 690. The van der Waals surface area contributed by atoms with Crippen LogP contribution < -0.4 is 15.0 Å². The topological polar surface area (TPSA) is 76.6 Å². The van der Waals surface area contributed by atoms with Gasteiger partial charge in [0, 0.05) is 44.1 Å². The molecule has 2 fully saturated rings. The Balaban J connectivity index is 1.48. The van der Waals surface area contributed by atoms with E-state index in [0.29, 0.717) is 25.1 Å². The van der Waals surface area contributed by atoms with Gasteiger partial charge in [0.15, 0.2) is 0 Å². The van der Waals surface area contributed by atoms with E-state index in [1.54, 1.807) is 0 Å². The summed E-state index contributed by atoms with van der Waals surface area (Å²) in [6, 6.07) is 0.453. The minimum atomic E-state index is -0.238. The van der Waals surface area contributed by atoms with Crippen molar-refractivity contribution in [1.82, 2.24) is 15.3 Å². The van der Waals surface area contributed by atoms with E-state index in [1.807, 2.05) is 0 Å². The van der Waals surface area contributed by atoms with Crippen LogP contribution in [0.1, 0.15) is 50.8 Å². The molecule has 1 aromatic rings. The zero-order chi connectivity index (χ0) is 18.1. The number of fused-ring (bicyclic) bond motifs is 1. The van der Waals surface area contributed by atoms with Crippen LogP contribution in [-0.4, -0.2) is 42.2 Å². The summed E-state index contributed by atoms with van der Waals surface area (Å²) in [4.78, 5) is 22.9. The predicted molar refractivity (Wildman–Crippen MR) is 97.0 cm³/mol. The summed E-state index contributed by atoms with van der Waals surface area (Å²) in [6.07, 6.45) is 4.52. The zero-order valence-corrected chi connectivity index (χ0v) is 15.7. The largest absolute Gasteiger partial charge is 0.465 e. The van der Waals surface area contributed by atoms with E-state index in [0.717, 1.165) is 50.5 Å². The lowest BCUT2D eigenvalue weighted by molar-refractivity contribution is -0.143. The summed E-state index contributed by atoms with van der Waals surface area (Å²) in [7, 11) is 0. The van der Waals surface area contributed by atoms with E-state index in [9.17, 15) is 4.79 Å². The molecule has 1 saturated carbocycles. The lowest BCUT2D eigenvalue weighted by atomic mass is 10.00. The Morgan fingerprint density at radius 1 is 1.31 bits per heavy atom. The van der Waals surface area contributed by atoms with Gasteiger partial charge in [0.1, 0.15) is 19.0 Å². The second-order valence-electron chi connectivity index (χ2n) is 8.12. The van der Waals surface area contributed by atoms with Gasteiger partial charge in [-0.2, -0.15) is 9.97 Å². The number of piperidine rings is 1. The number of aromatic nitrogens is 2. The van der Waals surface area contributed by atoms with Gasteiger partial charge in [-0.3, -0.25) is 4.79 Å². The van der Waals surface area contributed by atoms with Crippen LogP contribution in [0.2, 0.25) is 0 Å². The van der Waals surface area contributed by atoms with Crippen LogP contribution >= 0.6 is 0 Å². The van der Waals surface area contributed by atoms with Crippen LogP contribution in [0.25, 0.3) is 0 Å². The fraction of sp³-hybridized carbons (Fsp3) is 0.737. The Hall–Kier alpha value is -1.89. The number of hydrogen-bond donors (Lipinski definition) is 1. The maximum Gasteiger partial charge on any atom is 0.318 e. The first kappa shape index (κ1) is 17.5. The summed E-state index contributed by atoms with van der Waals surface area (Å²) >= 11 is 0. The average molecular weight is 360 g/mol. The number of nitrogens with zero attached hydrogens (tertiary/aromatic N) is 3. The molecule has 0 amide bonds. The highest BCUT2D eigenvalue weighted by molar-refractivity contribution is 5.66. The Labute approximate surface area is 154 Å². The molecular formula is C19H28N4O3. The van der Waals surface area contributed by atoms with Crippen molar-refractivity contribution in [2.24, 2.45) is 11.3 Å². The van der Waals surface area contributed by atoms with Gasteiger partial charge in [0.05, 0.1) is 5.69 Å². The number of esters is 1. The number of hydrogen-bond acceptors (Lipinski definition) is 7. The molecular weight excluding hydrogens is 332 g/mol. The van der Waals surface area contributed by atoms with Crippen LogP contribution in [0.15, 0.2) is 0 Å². The third kappa shape index (κ3) is 3.77. The monoisotopic (exact) mass is 360 g/mol. The van der Waals surface area contributed by atoms with Crippen LogP contribution in [0.3, 0.4) is 0 Å². The van der Waals surface area contributed by atoms with Crippen LogP contribution in [0, 0.1) is 11.3 Å². The summed E-state index contributed by atoms with van der Waals surface area (Å²) in [6.45, 7) is 8.35. The number of carbonyl (C=O) groups excluding carboxylic acids is 1. The van der Waals surface area contributed by atoms with Crippen molar-refractivity contribution in [3.63, 3.8) is 0 Å². The minimum absolute atomic E-state index is 0.0495. The number of anilines is 1. The predicted octanol–water partition coefficient (Wildman–Crippen LogP) is 2.04. The highest BCUT2D eigenvalue weighted by atomic mass is 16.5. The van der Waals surface area contributed by atoms with Crippen LogP contribution in [-0.2, 0) is 22.6 Å². The molecule has 1 aliphatic carbocycles. The molecule has 0 bridgehead atoms. The molecule has 0 unspecified atom stereocenters.